The quantitative estimate of drug-likeness (QED) is 0.886. The molecule has 2 nitrogen and oxygen atoms in total. The first kappa shape index (κ1) is 12.8. The van der Waals surface area contributed by atoms with Gasteiger partial charge in [-0.15, -0.1) is 0 Å². The van der Waals surface area contributed by atoms with Gasteiger partial charge in [0.1, 0.15) is 11.5 Å². The fraction of sp³-hybridized carbons (Fsp3) is 0.200. The summed E-state index contributed by atoms with van der Waals surface area (Å²) < 4.78 is 5.15. The van der Waals surface area contributed by atoms with E-state index in [1.165, 1.54) is 5.56 Å². The van der Waals surface area contributed by atoms with Crippen LogP contribution in [0.3, 0.4) is 0 Å². The number of benzene rings is 2. The number of ether oxygens (including phenoxy) is 1. The number of rotatable bonds is 5. The van der Waals surface area contributed by atoms with Gasteiger partial charge in [0.15, 0.2) is 0 Å². The van der Waals surface area contributed by atoms with Crippen LogP contribution in [0.5, 0.6) is 11.5 Å². The molecule has 0 radical (unpaired) electrons. The van der Waals surface area contributed by atoms with Crippen LogP contribution < -0.4 is 4.74 Å². The van der Waals surface area contributed by atoms with Crippen molar-refractivity contribution in [3.8, 4) is 11.5 Å². The maximum atomic E-state index is 9.76. The summed E-state index contributed by atoms with van der Waals surface area (Å²) in [5.74, 6) is 2.83. The largest absolute Gasteiger partial charge is 0.508 e. The summed E-state index contributed by atoms with van der Waals surface area (Å²) in [4.78, 5) is 0. The maximum Gasteiger partial charge on any atom is 0.119 e. The number of thioether (sulfide) groups is 1. The first-order valence-corrected chi connectivity index (χ1v) is 6.92. The lowest BCUT2D eigenvalue weighted by molar-refractivity contribution is 0.411. The minimum absolute atomic E-state index is 0.330. The third-order valence-corrected chi connectivity index (χ3v) is 3.71. The number of phenolic OH excluding ortho intramolecular Hbond substituents is 1. The van der Waals surface area contributed by atoms with Gasteiger partial charge in [-0.1, -0.05) is 30.3 Å². The molecule has 18 heavy (non-hydrogen) atoms. The van der Waals surface area contributed by atoms with Crippen molar-refractivity contribution in [1.82, 2.24) is 0 Å². The van der Waals surface area contributed by atoms with Crippen molar-refractivity contribution in [2.75, 3.05) is 7.11 Å². The zero-order valence-corrected chi connectivity index (χ0v) is 11.1. The normalized spacial score (nSPS) is 10.3. The Kier molecular flexibility index (Phi) is 4.53. The standard InChI is InChI=1S/C15H16O2S/c1-17-14-7-8-15(16)13(9-14)11-18-10-12-5-3-2-4-6-12/h2-9,16H,10-11H2,1H3. The third kappa shape index (κ3) is 3.44. The Balaban J connectivity index is 1.94. The molecule has 3 heteroatoms. The van der Waals surface area contributed by atoms with Crippen LogP contribution in [0.1, 0.15) is 11.1 Å². The van der Waals surface area contributed by atoms with Crippen molar-refractivity contribution in [1.29, 1.82) is 0 Å². The van der Waals surface area contributed by atoms with E-state index >= 15 is 0 Å². The van der Waals surface area contributed by atoms with Gasteiger partial charge in [-0.05, 0) is 23.8 Å². The minimum Gasteiger partial charge on any atom is -0.508 e. The molecule has 2 aromatic rings. The molecule has 0 saturated heterocycles. The zero-order valence-electron chi connectivity index (χ0n) is 10.3. The smallest absolute Gasteiger partial charge is 0.119 e. The molecule has 0 atom stereocenters. The molecule has 94 valence electrons. The lowest BCUT2D eigenvalue weighted by Gasteiger charge is -2.07. The van der Waals surface area contributed by atoms with Crippen LogP contribution in [-0.4, -0.2) is 12.2 Å². The Morgan fingerprint density at radius 1 is 1.06 bits per heavy atom. The predicted molar refractivity (Wildman–Crippen MR) is 76.1 cm³/mol. The molecule has 2 rings (SSSR count). The van der Waals surface area contributed by atoms with Crippen molar-refractivity contribution in [3.05, 3.63) is 59.7 Å². The van der Waals surface area contributed by atoms with E-state index in [0.29, 0.717) is 5.75 Å². The molecule has 2 aromatic carbocycles. The van der Waals surface area contributed by atoms with Crippen molar-refractivity contribution >= 4 is 11.8 Å². The molecule has 0 unspecified atom stereocenters. The Morgan fingerprint density at radius 2 is 1.83 bits per heavy atom. The summed E-state index contributed by atoms with van der Waals surface area (Å²) in [6.07, 6.45) is 0. The van der Waals surface area contributed by atoms with Gasteiger partial charge in [0.2, 0.25) is 0 Å². The summed E-state index contributed by atoms with van der Waals surface area (Å²) in [6, 6.07) is 15.6. The van der Waals surface area contributed by atoms with Gasteiger partial charge in [0.25, 0.3) is 0 Å². The van der Waals surface area contributed by atoms with Crippen molar-refractivity contribution in [2.45, 2.75) is 11.5 Å². The van der Waals surface area contributed by atoms with Crippen LogP contribution >= 0.6 is 11.8 Å². The van der Waals surface area contributed by atoms with Crippen LogP contribution in [0, 0.1) is 0 Å². The van der Waals surface area contributed by atoms with Gasteiger partial charge >= 0.3 is 0 Å². The van der Waals surface area contributed by atoms with Crippen molar-refractivity contribution in [3.63, 3.8) is 0 Å². The first-order valence-electron chi connectivity index (χ1n) is 5.77. The van der Waals surface area contributed by atoms with Gasteiger partial charge in [0.05, 0.1) is 7.11 Å². The molecule has 0 saturated carbocycles. The van der Waals surface area contributed by atoms with E-state index in [1.807, 2.05) is 24.3 Å². The fourth-order valence-corrected chi connectivity index (χ4v) is 2.64. The first-order chi connectivity index (χ1) is 8.79. The highest BCUT2D eigenvalue weighted by atomic mass is 32.2. The lowest BCUT2D eigenvalue weighted by Crippen LogP contribution is -1.88. The van der Waals surface area contributed by atoms with E-state index in [0.717, 1.165) is 22.8 Å². The van der Waals surface area contributed by atoms with Crippen LogP contribution in [0.15, 0.2) is 48.5 Å². The Labute approximate surface area is 112 Å². The van der Waals surface area contributed by atoms with E-state index in [2.05, 4.69) is 12.1 Å². The second kappa shape index (κ2) is 6.36. The highest BCUT2D eigenvalue weighted by molar-refractivity contribution is 7.97. The highest BCUT2D eigenvalue weighted by Crippen LogP contribution is 2.27. The second-order valence-corrected chi connectivity index (χ2v) is 4.96. The molecule has 0 spiro atoms. The van der Waals surface area contributed by atoms with Gasteiger partial charge in [-0.25, -0.2) is 0 Å². The van der Waals surface area contributed by atoms with Crippen LogP contribution in [0.4, 0.5) is 0 Å². The average molecular weight is 260 g/mol. The van der Waals surface area contributed by atoms with E-state index in [9.17, 15) is 5.11 Å². The summed E-state index contributed by atoms with van der Waals surface area (Å²) in [5, 5.41) is 9.76. The molecule has 1 N–H and O–H groups in total. The van der Waals surface area contributed by atoms with E-state index in [-0.39, 0.29) is 0 Å². The summed E-state index contributed by atoms with van der Waals surface area (Å²) in [6.45, 7) is 0. The molecule has 0 amide bonds. The van der Waals surface area contributed by atoms with Gasteiger partial charge < -0.3 is 9.84 Å². The van der Waals surface area contributed by atoms with Gasteiger partial charge in [-0.3, -0.25) is 0 Å². The maximum absolute atomic E-state index is 9.76. The zero-order chi connectivity index (χ0) is 12.8. The molecule has 0 bridgehead atoms. The molecule has 0 fully saturated rings. The molecular formula is C15H16O2S. The number of hydrogen-bond acceptors (Lipinski definition) is 3. The number of phenols is 1. The summed E-state index contributed by atoms with van der Waals surface area (Å²) in [7, 11) is 1.63. The molecule has 0 heterocycles. The van der Waals surface area contributed by atoms with E-state index in [1.54, 1.807) is 31.0 Å². The Hall–Kier alpha value is -1.61. The van der Waals surface area contributed by atoms with Crippen LogP contribution in [0.2, 0.25) is 0 Å². The fourth-order valence-electron chi connectivity index (χ4n) is 1.66. The molecule has 0 aromatic heterocycles. The van der Waals surface area contributed by atoms with Crippen LogP contribution in [-0.2, 0) is 11.5 Å². The molecule has 0 aliphatic carbocycles. The summed E-state index contributed by atoms with van der Waals surface area (Å²) >= 11 is 1.78. The van der Waals surface area contributed by atoms with Crippen molar-refractivity contribution in [2.24, 2.45) is 0 Å². The monoisotopic (exact) mass is 260 g/mol. The van der Waals surface area contributed by atoms with Crippen molar-refractivity contribution < 1.29 is 9.84 Å². The summed E-state index contributed by atoms with van der Waals surface area (Å²) in [5.41, 5.74) is 2.21. The van der Waals surface area contributed by atoms with E-state index in [4.69, 9.17) is 4.74 Å². The topological polar surface area (TPSA) is 29.5 Å². The number of hydrogen-bond donors (Lipinski definition) is 1. The Morgan fingerprint density at radius 3 is 2.56 bits per heavy atom. The molecular weight excluding hydrogens is 244 g/mol. The minimum atomic E-state index is 0.330. The molecule has 0 aliphatic rings. The molecule has 0 aliphatic heterocycles. The SMILES string of the molecule is COc1ccc(O)c(CSCc2ccccc2)c1. The van der Waals surface area contributed by atoms with Crippen LogP contribution in [0.25, 0.3) is 0 Å². The highest BCUT2D eigenvalue weighted by Gasteiger charge is 2.03. The second-order valence-electron chi connectivity index (χ2n) is 3.97. The predicted octanol–water partition coefficient (Wildman–Crippen LogP) is 3.83. The van der Waals surface area contributed by atoms with Gasteiger partial charge in [0, 0.05) is 17.1 Å². The third-order valence-electron chi connectivity index (χ3n) is 2.66. The van der Waals surface area contributed by atoms with Gasteiger partial charge in [-0.2, -0.15) is 11.8 Å². The number of methoxy groups -OCH3 is 1. The Bertz CT molecular complexity index is 497. The average Bonchev–Trinajstić information content (AvgIpc) is 2.42. The number of aromatic hydroxyl groups is 1. The van der Waals surface area contributed by atoms with E-state index < -0.39 is 0 Å². The lowest BCUT2D eigenvalue weighted by atomic mass is 10.2.